The van der Waals surface area contributed by atoms with Crippen LogP contribution in [0.1, 0.15) is 18.9 Å². The molecule has 112 valence electrons. The van der Waals surface area contributed by atoms with Gasteiger partial charge in [0.2, 0.25) is 0 Å². The number of rotatable bonds is 3. The molecule has 3 aromatic rings. The van der Waals surface area contributed by atoms with Crippen molar-refractivity contribution in [3.63, 3.8) is 0 Å². The number of anilines is 1. The molecule has 1 aromatic carbocycles. The predicted octanol–water partition coefficient (Wildman–Crippen LogP) is 2.77. The molecular formula is C16H17N5O. The van der Waals surface area contributed by atoms with Crippen LogP contribution >= 0.6 is 0 Å². The summed E-state index contributed by atoms with van der Waals surface area (Å²) in [5.74, 6) is 1.23. The molecule has 0 N–H and O–H groups in total. The van der Waals surface area contributed by atoms with Gasteiger partial charge in [-0.05, 0) is 36.2 Å². The molecule has 4 rings (SSSR count). The SMILES string of the molecule is c1ccc(-c2nc(N3CCCC(n4cccn4)C3)no2)cc1. The minimum Gasteiger partial charge on any atom is -0.336 e. The third-order valence-corrected chi connectivity index (χ3v) is 4.01. The molecule has 1 aliphatic heterocycles. The van der Waals surface area contributed by atoms with Crippen LogP contribution < -0.4 is 4.90 Å². The third-order valence-electron chi connectivity index (χ3n) is 4.01. The van der Waals surface area contributed by atoms with E-state index < -0.39 is 0 Å². The zero-order valence-corrected chi connectivity index (χ0v) is 12.2. The van der Waals surface area contributed by atoms with Gasteiger partial charge in [0.05, 0.1) is 6.04 Å². The van der Waals surface area contributed by atoms with Crippen molar-refractivity contribution in [3.8, 4) is 11.5 Å². The Bertz CT molecular complexity index is 722. The van der Waals surface area contributed by atoms with Crippen molar-refractivity contribution in [1.29, 1.82) is 0 Å². The molecule has 6 nitrogen and oxygen atoms in total. The van der Waals surface area contributed by atoms with E-state index in [4.69, 9.17) is 4.52 Å². The van der Waals surface area contributed by atoms with Crippen LogP contribution in [0.2, 0.25) is 0 Å². The number of nitrogens with zero attached hydrogens (tertiary/aromatic N) is 5. The predicted molar refractivity (Wildman–Crippen MR) is 82.4 cm³/mol. The summed E-state index contributed by atoms with van der Waals surface area (Å²) < 4.78 is 7.42. The second-order valence-electron chi connectivity index (χ2n) is 5.49. The maximum absolute atomic E-state index is 5.40. The highest BCUT2D eigenvalue weighted by molar-refractivity contribution is 5.54. The van der Waals surface area contributed by atoms with Crippen molar-refractivity contribution < 1.29 is 4.52 Å². The van der Waals surface area contributed by atoms with Gasteiger partial charge in [-0.1, -0.05) is 18.2 Å². The van der Waals surface area contributed by atoms with Crippen LogP contribution in [0.3, 0.4) is 0 Å². The lowest BCUT2D eigenvalue weighted by Crippen LogP contribution is -2.37. The summed E-state index contributed by atoms with van der Waals surface area (Å²) in [4.78, 5) is 6.71. The Balaban J connectivity index is 1.53. The van der Waals surface area contributed by atoms with Gasteiger partial charge in [0.15, 0.2) is 0 Å². The maximum atomic E-state index is 5.40. The van der Waals surface area contributed by atoms with E-state index in [9.17, 15) is 0 Å². The average molecular weight is 295 g/mol. The van der Waals surface area contributed by atoms with Gasteiger partial charge in [-0.25, -0.2) is 0 Å². The molecule has 0 amide bonds. The Labute approximate surface area is 128 Å². The highest BCUT2D eigenvalue weighted by Crippen LogP contribution is 2.26. The van der Waals surface area contributed by atoms with Crippen molar-refractivity contribution >= 4 is 5.95 Å². The van der Waals surface area contributed by atoms with Crippen molar-refractivity contribution in [2.75, 3.05) is 18.0 Å². The Morgan fingerprint density at radius 1 is 1.14 bits per heavy atom. The molecule has 1 saturated heterocycles. The standard InChI is InChI=1S/C16H17N5O/c1-2-6-13(7-3-1)15-18-16(19-22-15)20-10-4-8-14(12-20)21-11-5-9-17-21/h1-3,5-7,9,11,14H,4,8,10,12H2. The largest absolute Gasteiger partial charge is 0.336 e. The number of aromatic nitrogens is 4. The molecule has 3 heterocycles. The number of hydrogen-bond donors (Lipinski definition) is 0. The van der Waals surface area contributed by atoms with Crippen LogP contribution in [0.5, 0.6) is 0 Å². The maximum Gasteiger partial charge on any atom is 0.266 e. The van der Waals surface area contributed by atoms with Crippen molar-refractivity contribution in [3.05, 3.63) is 48.8 Å². The lowest BCUT2D eigenvalue weighted by atomic mass is 10.1. The van der Waals surface area contributed by atoms with Crippen molar-refractivity contribution in [2.45, 2.75) is 18.9 Å². The summed E-state index contributed by atoms with van der Waals surface area (Å²) >= 11 is 0. The van der Waals surface area contributed by atoms with Gasteiger partial charge in [0.1, 0.15) is 0 Å². The molecule has 1 fully saturated rings. The molecule has 0 bridgehead atoms. The summed E-state index contributed by atoms with van der Waals surface area (Å²) in [5.41, 5.74) is 0.946. The van der Waals surface area contributed by atoms with Gasteiger partial charge in [0, 0.05) is 31.0 Å². The lowest BCUT2D eigenvalue weighted by Gasteiger charge is -2.31. The van der Waals surface area contributed by atoms with E-state index in [2.05, 4.69) is 20.1 Å². The first-order chi connectivity index (χ1) is 10.9. The Morgan fingerprint density at radius 3 is 2.86 bits per heavy atom. The molecule has 0 aliphatic carbocycles. The molecule has 6 heteroatoms. The van der Waals surface area contributed by atoms with E-state index in [0.29, 0.717) is 17.9 Å². The van der Waals surface area contributed by atoms with Crippen molar-refractivity contribution in [1.82, 2.24) is 19.9 Å². The van der Waals surface area contributed by atoms with E-state index >= 15 is 0 Å². The van der Waals surface area contributed by atoms with E-state index in [1.54, 1.807) is 0 Å². The Morgan fingerprint density at radius 2 is 2.05 bits per heavy atom. The number of piperidine rings is 1. The molecule has 0 saturated carbocycles. The van der Waals surface area contributed by atoms with E-state index in [0.717, 1.165) is 31.5 Å². The molecule has 22 heavy (non-hydrogen) atoms. The fourth-order valence-electron chi connectivity index (χ4n) is 2.89. The highest BCUT2D eigenvalue weighted by Gasteiger charge is 2.24. The fourth-order valence-corrected chi connectivity index (χ4v) is 2.89. The van der Waals surface area contributed by atoms with Gasteiger partial charge >= 0.3 is 0 Å². The average Bonchev–Trinajstić information content (AvgIpc) is 3.28. The van der Waals surface area contributed by atoms with Crippen LogP contribution in [0.25, 0.3) is 11.5 Å². The summed E-state index contributed by atoms with van der Waals surface area (Å²) in [5, 5.41) is 8.49. The smallest absolute Gasteiger partial charge is 0.266 e. The quantitative estimate of drug-likeness (QED) is 0.743. The summed E-state index contributed by atoms with van der Waals surface area (Å²) in [6.45, 7) is 1.81. The summed E-state index contributed by atoms with van der Waals surface area (Å²) in [7, 11) is 0. The molecule has 2 aromatic heterocycles. The van der Waals surface area contributed by atoms with Crippen LogP contribution in [-0.2, 0) is 0 Å². The van der Waals surface area contributed by atoms with Crippen LogP contribution in [0.4, 0.5) is 5.95 Å². The number of benzene rings is 1. The lowest BCUT2D eigenvalue weighted by molar-refractivity contribution is 0.367. The van der Waals surface area contributed by atoms with Crippen LogP contribution in [0, 0.1) is 0 Å². The summed E-state index contributed by atoms with van der Waals surface area (Å²) in [6, 6.07) is 12.2. The van der Waals surface area contributed by atoms with Crippen molar-refractivity contribution in [2.24, 2.45) is 0 Å². The Kier molecular flexibility index (Phi) is 3.34. The Hall–Kier alpha value is -2.63. The van der Waals surface area contributed by atoms with Gasteiger partial charge in [-0.3, -0.25) is 4.68 Å². The van der Waals surface area contributed by atoms with E-state index in [-0.39, 0.29) is 0 Å². The zero-order valence-electron chi connectivity index (χ0n) is 12.2. The molecule has 1 aliphatic rings. The van der Waals surface area contributed by atoms with Crippen LogP contribution in [0.15, 0.2) is 53.3 Å². The van der Waals surface area contributed by atoms with Gasteiger partial charge in [-0.15, -0.1) is 0 Å². The first-order valence-electron chi connectivity index (χ1n) is 7.53. The van der Waals surface area contributed by atoms with E-state index in [1.165, 1.54) is 0 Å². The monoisotopic (exact) mass is 295 g/mol. The molecule has 0 radical (unpaired) electrons. The van der Waals surface area contributed by atoms with Gasteiger partial charge < -0.3 is 9.42 Å². The second-order valence-corrected chi connectivity index (χ2v) is 5.49. The first kappa shape index (κ1) is 13.1. The van der Waals surface area contributed by atoms with Gasteiger partial charge in [-0.2, -0.15) is 10.1 Å². The minimum absolute atomic E-state index is 0.363. The normalized spacial score (nSPS) is 18.5. The molecular weight excluding hydrogens is 278 g/mol. The third kappa shape index (κ3) is 2.47. The minimum atomic E-state index is 0.363. The second kappa shape index (κ2) is 5.63. The fraction of sp³-hybridized carbons (Fsp3) is 0.312. The molecule has 0 spiro atoms. The van der Waals surface area contributed by atoms with Crippen LogP contribution in [-0.4, -0.2) is 33.0 Å². The molecule has 1 unspecified atom stereocenters. The van der Waals surface area contributed by atoms with E-state index in [1.807, 2.05) is 53.5 Å². The van der Waals surface area contributed by atoms with Gasteiger partial charge in [0.25, 0.3) is 11.8 Å². The summed E-state index contributed by atoms with van der Waals surface area (Å²) in [6.07, 6.45) is 6.06. The highest BCUT2D eigenvalue weighted by atomic mass is 16.5. The number of hydrogen-bond acceptors (Lipinski definition) is 5. The zero-order chi connectivity index (χ0) is 14.8. The molecule has 1 atom stereocenters. The first-order valence-corrected chi connectivity index (χ1v) is 7.53. The topological polar surface area (TPSA) is 60.0 Å².